The van der Waals surface area contributed by atoms with Crippen molar-refractivity contribution in [2.24, 2.45) is 0 Å². The smallest absolute Gasteiger partial charge is 0.286 e. The van der Waals surface area contributed by atoms with Gasteiger partial charge < -0.3 is 9.88 Å². The lowest BCUT2D eigenvalue weighted by atomic mass is 10.2. The van der Waals surface area contributed by atoms with Crippen LogP contribution in [0.1, 0.15) is 13.8 Å². The maximum atomic E-state index is 11.8. The van der Waals surface area contributed by atoms with Gasteiger partial charge in [-0.15, -0.1) is 0 Å². The molecule has 1 aromatic heterocycles. The standard InChI is InChI=1S/C12H16BrN3O3/c1-8(2)14-5-9(3)6-15-7-10(16(18)19)4-11(13)12(15)17/h4,7-8,14H,3,5-6H2,1-2H3. The zero-order chi connectivity index (χ0) is 14.6. The largest absolute Gasteiger partial charge is 0.311 e. The number of hydrogen-bond acceptors (Lipinski definition) is 4. The van der Waals surface area contributed by atoms with Crippen LogP contribution in [0.2, 0.25) is 0 Å². The van der Waals surface area contributed by atoms with Crippen LogP contribution in [0, 0.1) is 10.1 Å². The van der Waals surface area contributed by atoms with Gasteiger partial charge in [-0.1, -0.05) is 20.4 Å². The van der Waals surface area contributed by atoms with Crippen LogP contribution in [0.25, 0.3) is 0 Å². The summed E-state index contributed by atoms with van der Waals surface area (Å²) in [6.45, 7) is 8.68. The van der Waals surface area contributed by atoms with Crippen molar-refractivity contribution >= 4 is 21.6 Å². The second kappa shape index (κ2) is 6.63. The van der Waals surface area contributed by atoms with E-state index in [2.05, 4.69) is 27.8 Å². The number of hydrogen-bond donors (Lipinski definition) is 1. The van der Waals surface area contributed by atoms with Crippen LogP contribution < -0.4 is 10.9 Å². The summed E-state index contributed by atoms with van der Waals surface area (Å²) in [5.41, 5.74) is 0.343. The van der Waals surface area contributed by atoms with Gasteiger partial charge in [0, 0.05) is 25.2 Å². The molecule has 6 nitrogen and oxygen atoms in total. The van der Waals surface area contributed by atoms with Gasteiger partial charge in [0.05, 0.1) is 15.6 Å². The average molecular weight is 330 g/mol. The Hall–Kier alpha value is -1.47. The van der Waals surface area contributed by atoms with Crippen LogP contribution in [-0.4, -0.2) is 22.1 Å². The summed E-state index contributed by atoms with van der Waals surface area (Å²) in [6, 6.07) is 1.51. The predicted octanol–water partition coefficient (Wildman–Crippen LogP) is 2.07. The van der Waals surface area contributed by atoms with E-state index in [1.54, 1.807) is 0 Å². The monoisotopic (exact) mass is 329 g/mol. The molecule has 0 amide bonds. The van der Waals surface area contributed by atoms with Crippen LogP contribution >= 0.6 is 15.9 Å². The Morgan fingerprint density at radius 2 is 2.26 bits per heavy atom. The molecule has 0 aliphatic rings. The summed E-state index contributed by atoms with van der Waals surface area (Å²) >= 11 is 3.03. The van der Waals surface area contributed by atoms with Gasteiger partial charge in [0.25, 0.3) is 11.2 Å². The summed E-state index contributed by atoms with van der Waals surface area (Å²) in [7, 11) is 0. The Morgan fingerprint density at radius 3 is 2.79 bits per heavy atom. The molecule has 0 fully saturated rings. The average Bonchev–Trinajstić information content (AvgIpc) is 2.31. The first-order chi connectivity index (χ1) is 8.81. The molecule has 0 atom stereocenters. The van der Waals surface area contributed by atoms with Crippen molar-refractivity contribution in [2.75, 3.05) is 6.54 Å². The number of rotatable bonds is 6. The van der Waals surface area contributed by atoms with E-state index in [4.69, 9.17) is 0 Å². The molecular formula is C12H16BrN3O3. The number of aromatic nitrogens is 1. The van der Waals surface area contributed by atoms with Gasteiger partial charge >= 0.3 is 0 Å². The van der Waals surface area contributed by atoms with Gasteiger partial charge in [0.15, 0.2) is 0 Å². The zero-order valence-corrected chi connectivity index (χ0v) is 12.4. The third-order valence-electron chi connectivity index (χ3n) is 2.39. The number of halogens is 1. The van der Waals surface area contributed by atoms with Crippen molar-refractivity contribution in [3.05, 3.63) is 49.4 Å². The first kappa shape index (κ1) is 15.6. The third-order valence-corrected chi connectivity index (χ3v) is 2.96. The number of pyridine rings is 1. The molecule has 0 spiro atoms. The molecule has 0 saturated carbocycles. The van der Waals surface area contributed by atoms with Crippen molar-refractivity contribution < 1.29 is 4.92 Å². The summed E-state index contributed by atoms with van der Waals surface area (Å²) in [5.74, 6) is 0. The maximum absolute atomic E-state index is 11.8. The van der Waals surface area contributed by atoms with E-state index in [1.165, 1.54) is 16.8 Å². The Labute approximate surface area is 119 Å². The summed E-state index contributed by atoms with van der Waals surface area (Å²) in [6.07, 6.45) is 1.23. The summed E-state index contributed by atoms with van der Waals surface area (Å²) in [5, 5.41) is 13.9. The molecule has 1 heterocycles. The van der Waals surface area contributed by atoms with Crippen molar-refractivity contribution in [3.63, 3.8) is 0 Å². The minimum absolute atomic E-state index is 0.129. The molecule has 1 aromatic rings. The van der Waals surface area contributed by atoms with E-state index in [1.807, 2.05) is 13.8 Å². The van der Waals surface area contributed by atoms with Crippen LogP contribution in [0.15, 0.2) is 33.7 Å². The molecule has 0 aromatic carbocycles. The molecule has 19 heavy (non-hydrogen) atoms. The molecule has 0 radical (unpaired) electrons. The number of nitro groups is 1. The van der Waals surface area contributed by atoms with Gasteiger partial charge in [-0.05, 0) is 21.5 Å². The predicted molar refractivity (Wildman–Crippen MR) is 77.3 cm³/mol. The fourth-order valence-corrected chi connectivity index (χ4v) is 1.91. The van der Waals surface area contributed by atoms with Crippen LogP contribution in [0.3, 0.4) is 0 Å². The first-order valence-electron chi connectivity index (χ1n) is 5.75. The molecule has 7 heteroatoms. The molecule has 0 saturated heterocycles. The second-order valence-electron chi connectivity index (χ2n) is 4.52. The van der Waals surface area contributed by atoms with Crippen molar-refractivity contribution in [1.29, 1.82) is 0 Å². The van der Waals surface area contributed by atoms with Gasteiger partial charge in [-0.3, -0.25) is 14.9 Å². The van der Waals surface area contributed by atoms with E-state index in [9.17, 15) is 14.9 Å². The van der Waals surface area contributed by atoms with E-state index < -0.39 is 4.92 Å². The van der Waals surface area contributed by atoms with Gasteiger partial charge in [0.2, 0.25) is 0 Å². The van der Waals surface area contributed by atoms with E-state index in [0.717, 1.165) is 5.57 Å². The quantitative estimate of drug-likeness (QED) is 0.492. The minimum atomic E-state index is -0.532. The molecule has 104 valence electrons. The SMILES string of the molecule is C=C(CNC(C)C)Cn1cc([N+](=O)[O-])cc(Br)c1=O. The third kappa shape index (κ3) is 4.60. The van der Waals surface area contributed by atoms with Crippen LogP contribution in [0.5, 0.6) is 0 Å². The normalized spacial score (nSPS) is 10.7. The number of nitrogens with zero attached hydrogens (tertiary/aromatic N) is 2. The summed E-state index contributed by atoms with van der Waals surface area (Å²) < 4.78 is 1.46. The zero-order valence-electron chi connectivity index (χ0n) is 10.9. The summed E-state index contributed by atoms with van der Waals surface area (Å²) in [4.78, 5) is 22.1. The maximum Gasteiger partial charge on any atom is 0.286 e. The molecular weight excluding hydrogens is 314 g/mol. The van der Waals surface area contributed by atoms with Gasteiger partial charge in [-0.25, -0.2) is 0 Å². The number of nitrogens with one attached hydrogen (secondary N) is 1. The Balaban J connectivity index is 2.91. The fourth-order valence-electron chi connectivity index (χ4n) is 1.45. The van der Waals surface area contributed by atoms with Gasteiger partial charge in [0.1, 0.15) is 0 Å². The van der Waals surface area contributed by atoms with Crippen molar-refractivity contribution in [2.45, 2.75) is 26.4 Å². The molecule has 0 aliphatic heterocycles. The minimum Gasteiger partial charge on any atom is -0.311 e. The molecule has 0 unspecified atom stereocenters. The Bertz CT molecular complexity index is 552. The highest BCUT2D eigenvalue weighted by Crippen LogP contribution is 2.14. The van der Waals surface area contributed by atoms with E-state index in [0.29, 0.717) is 12.6 Å². The highest BCUT2D eigenvalue weighted by molar-refractivity contribution is 9.10. The molecule has 0 bridgehead atoms. The van der Waals surface area contributed by atoms with Crippen LogP contribution in [0.4, 0.5) is 5.69 Å². The van der Waals surface area contributed by atoms with Crippen molar-refractivity contribution in [3.8, 4) is 0 Å². The van der Waals surface area contributed by atoms with E-state index >= 15 is 0 Å². The van der Waals surface area contributed by atoms with Gasteiger partial charge in [-0.2, -0.15) is 0 Å². The lowest BCUT2D eigenvalue weighted by Crippen LogP contribution is -2.28. The molecule has 1 N–H and O–H groups in total. The second-order valence-corrected chi connectivity index (χ2v) is 5.38. The van der Waals surface area contributed by atoms with E-state index in [-0.39, 0.29) is 22.3 Å². The first-order valence-corrected chi connectivity index (χ1v) is 6.55. The highest BCUT2D eigenvalue weighted by Gasteiger charge is 2.12. The van der Waals surface area contributed by atoms with Crippen LogP contribution in [-0.2, 0) is 6.54 Å². The topological polar surface area (TPSA) is 77.2 Å². The lowest BCUT2D eigenvalue weighted by Gasteiger charge is -2.12. The Morgan fingerprint density at radius 1 is 1.63 bits per heavy atom. The molecule has 0 aliphatic carbocycles. The fraction of sp³-hybridized carbons (Fsp3) is 0.417. The molecule has 1 rings (SSSR count). The lowest BCUT2D eigenvalue weighted by molar-refractivity contribution is -0.385. The highest BCUT2D eigenvalue weighted by atomic mass is 79.9. The van der Waals surface area contributed by atoms with Crippen molar-refractivity contribution in [1.82, 2.24) is 9.88 Å². The Kier molecular flexibility index (Phi) is 5.44.